The maximum absolute atomic E-state index is 5.81. The summed E-state index contributed by atoms with van der Waals surface area (Å²) in [6.45, 7) is 0. The van der Waals surface area contributed by atoms with E-state index < -0.39 is 0 Å². The van der Waals surface area contributed by atoms with Gasteiger partial charge in [0.05, 0.1) is 0 Å². The minimum atomic E-state index is 0.761. The number of nitrogens with two attached hydrogens (primary N) is 1. The first-order valence-corrected chi connectivity index (χ1v) is 8.72. The van der Waals surface area contributed by atoms with E-state index in [1.54, 1.807) is 0 Å². The van der Waals surface area contributed by atoms with Crippen molar-refractivity contribution in [2.24, 2.45) is 0 Å². The normalized spacial score (nSPS) is 20.6. The fourth-order valence-electron chi connectivity index (χ4n) is 3.44. The van der Waals surface area contributed by atoms with Crippen LogP contribution in [0.25, 0.3) is 0 Å². The number of hydrogen-bond donors (Lipinski definition) is 1. The van der Waals surface area contributed by atoms with E-state index in [9.17, 15) is 0 Å². The molecule has 20 heavy (non-hydrogen) atoms. The van der Waals surface area contributed by atoms with Gasteiger partial charge in [0, 0.05) is 5.69 Å². The first-order chi connectivity index (χ1) is 9.86. The summed E-state index contributed by atoms with van der Waals surface area (Å²) >= 11 is 0. The molecule has 0 atom stereocenters. The van der Waals surface area contributed by atoms with Crippen molar-refractivity contribution in [3.8, 4) is 0 Å². The average molecular weight is 273 g/mol. The minimum Gasteiger partial charge on any atom is -0.399 e. The molecule has 1 aliphatic rings. The van der Waals surface area contributed by atoms with Gasteiger partial charge in [-0.05, 0) is 36.5 Å². The first-order valence-electron chi connectivity index (χ1n) is 8.72. The molecule has 2 N–H and O–H groups in total. The molecule has 0 spiro atoms. The van der Waals surface area contributed by atoms with Crippen LogP contribution in [0.4, 0.5) is 5.69 Å². The van der Waals surface area contributed by atoms with Gasteiger partial charge in [0.15, 0.2) is 0 Å². The molecule has 2 rings (SSSR count). The van der Waals surface area contributed by atoms with E-state index in [2.05, 4.69) is 24.3 Å². The fourth-order valence-corrected chi connectivity index (χ4v) is 3.44. The molecule has 0 radical (unpaired) electrons. The van der Waals surface area contributed by atoms with Gasteiger partial charge in [0.2, 0.25) is 0 Å². The monoisotopic (exact) mass is 273 g/mol. The zero-order chi connectivity index (χ0) is 14.0. The molecule has 1 aromatic carbocycles. The van der Waals surface area contributed by atoms with Gasteiger partial charge in [-0.3, -0.25) is 0 Å². The molecule has 0 saturated heterocycles. The van der Waals surface area contributed by atoms with Crippen LogP contribution < -0.4 is 5.73 Å². The molecule has 112 valence electrons. The van der Waals surface area contributed by atoms with Crippen molar-refractivity contribution >= 4 is 5.69 Å². The number of nitrogen functional groups attached to an aromatic ring is 1. The van der Waals surface area contributed by atoms with Crippen LogP contribution in [0.2, 0.25) is 0 Å². The molecule has 1 nitrogen and oxygen atoms in total. The van der Waals surface area contributed by atoms with Crippen molar-refractivity contribution < 1.29 is 0 Å². The third-order valence-electron chi connectivity index (χ3n) is 4.76. The summed E-state index contributed by atoms with van der Waals surface area (Å²) in [5.74, 6) is 0.761. The van der Waals surface area contributed by atoms with Gasteiger partial charge in [0.25, 0.3) is 0 Å². The van der Waals surface area contributed by atoms with Crippen LogP contribution in [0.15, 0.2) is 24.3 Å². The SMILES string of the molecule is Nc1ccc(C2CCCCCCCCCCCC2)cc1. The Kier molecular flexibility index (Phi) is 6.97. The summed E-state index contributed by atoms with van der Waals surface area (Å²) in [6.07, 6.45) is 17.1. The second-order valence-electron chi connectivity index (χ2n) is 6.48. The Morgan fingerprint density at radius 1 is 0.600 bits per heavy atom. The summed E-state index contributed by atoms with van der Waals surface area (Å²) < 4.78 is 0. The van der Waals surface area contributed by atoms with Crippen LogP contribution in [-0.4, -0.2) is 0 Å². The van der Waals surface area contributed by atoms with Crippen molar-refractivity contribution in [2.45, 2.75) is 83.0 Å². The zero-order valence-corrected chi connectivity index (χ0v) is 12.9. The molecular weight excluding hydrogens is 242 g/mol. The van der Waals surface area contributed by atoms with Crippen molar-refractivity contribution in [2.75, 3.05) is 5.73 Å². The quantitative estimate of drug-likeness (QED) is 0.619. The molecular formula is C19H31N. The van der Waals surface area contributed by atoms with Gasteiger partial charge < -0.3 is 5.73 Å². The van der Waals surface area contributed by atoms with Crippen molar-refractivity contribution in [1.82, 2.24) is 0 Å². The average Bonchev–Trinajstić information content (AvgIpc) is 2.49. The van der Waals surface area contributed by atoms with Crippen LogP contribution in [0.5, 0.6) is 0 Å². The van der Waals surface area contributed by atoms with Crippen LogP contribution in [0.3, 0.4) is 0 Å². The highest BCUT2D eigenvalue weighted by molar-refractivity contribution is 5.40. The number of benzene rings is 1. The summed E-state index contributed by atoms with van der Waals surface area (Å²) in [5, 5.41) is 0. The highest BCUT2D eigenvalue weighted by atomic mass is 14.5. The Labute approximate surface area is 125 Å². The van der Waals surface area contributed by atoms with Crippen molar-refractivity contribution in [3.05, 3.63) is 29.8 Å². The Morgan fingerprint density at radius 3 is 1.45 bits per heavy atom. The fraction of sp³-hybridized carbons (Fsp3) is 0.684. The Balaban J connectivity index is 1.90. The summed E-state index contributed by atoms with van der Waals surface area (Å²) in [4.78, 5) is 0. The molecule has 0 bridgehead atoms. The van der Waals surface area contributed by atoms with E-state index in [0.717, 1.165) is 11.6 Å². The lowest BCUT2D eigenvalue weighted by Crippen LogP contribution is -2.00. The van der Waals surface area contributed by atoms with Crippen molar-refractivity contribution in [1.29, 1.82) is 0 Å². The Morgan fingerprint density at radius 2 is 1.00 bits per heavy atom. The van der Waals surface area contributed by atoms with Crippen LogP contribution >= 0.6 is 0 Å². The molecule has 1 aliphatic carbocycles. The van der Waals surface area contributed by atoms with E-state index in [1.165, 1.54) is 82.6 Å². The van der Waals surface area contributed by atoms with Gasteiger partial charge in [-0.25, -0.2) is 0 Å². The van der Waals surface area contributed by atoms with Crippen LogP contribution in [0.1, 0.15) is 88.5 Å². The Hall–Kier alpha value is -0.980. The van der Waals surface area contributed by atoms with Gasteiger partial charge in [-0.2, -0.15) is 0 Å². The summed E-state index contributed by atoms with van der Waals surface area (Å²) in [7, 11) is 0. The van der Waals surface area contributed by atoms with Gasteiger partial charge in [0.1, 0.15) is 0 Å². The molecule has 1 fully saturated rings. The van der Waals surface area contributed by atoms with E-state index in [-0.39, 0.29) is 0 Å². The number of rotatable bonds is 1. The van der Waals surface area contributed by atoms with E-state index in [1.807, 2.05) is 0 Å². The molecule has 0 heterocycles. The molecule has 1 heteroatoms. The molecule has 0 aliphatic heterocycles. The lowest BCUT2D eigenvalue weighted by molar-refractivity contribution is 0.501. The molecule has 0 unspecified atom stereocenters. The van der Waals surface area contributed by atoms with Gasteiger partial charge >= 0.3 is 0 Å². The highest BCUT2D eigenvalue weighted by Gasteiger charge is 2.11. The number of anilines is 1. The first kappa shape index (κ1) is 15.4. The lowest BCUT2D eigenvalue weighted by Gasteiger charge is -2.17. The minimum absolute atomic E-state index is 0.761. The van der Waals surface area contributed by atoms with E-state index >= 15 is 0 Å². The number of hydrogen-bond acceptors (Lipinski definition) is 1. The molecule has 0 aromatic heterocycles. The maximum Gasteiger partial charge on any atom is 0.0314 e. The second-order valence-corrected chi connectivity index (χ2v) is 6.48. The third kappa shape index (κ3) is 5.56. The smallest absolute Gasteiger partial charge is 0.0314 e. The zero-order valence-electron chi connectivity index (χ0n) is 12.9. The topological polar surface area (TPSA) is 26.0 Å². The Bertz CT molecular complexity index is 341. The standard InChI is InChI=1S/C19H31N/c20-19-15-13-18(14-16-19)17-11-9-7-5-3-1-2-4-6-8-10-12-17/h13-17H,1-12,20H2. The molecule has 1 aromatic rings. The summed E-state index contributed by atoms with van der Waals surface area (Å²) in [6, 6.07) is 8.63. The molecule has 0 amide bonds. The summed E-state index contributed by atoms with van der Waals surface area (Å²) in [5.41, 5.74) is 8.21. The van der Waals surface area contributed by atoms with E-state index in [4.69, 9.17) is 5.73 Å². The largest absolute Gasteiger partial charge is 0.399 e. The van der Waals surface area contributed by atoms with Crippen LogP contribution in [0, 0.1) is 0 Å². The lowest BCUT2D eigenvalue weighted by atomic mass is 9.88. The maximum atomic E-state index is 5.81. The third-order valence-corrected chi connectivity index (χ3v) is 4.76. The van der Waals surface area contributed by atoms with Gasteiger partial charge in [-0.15, -0.1) is 0 Å². The van der Waals surface area contributed by atoms with E-state index in [0.29, 0.717) is 0 Å². The highest BCUT2D eigenvalue weighted by Crippen LogP contribution is 2.29. The predicted molar refractivity (Wildman–Crippen MR) is 89.0 cm³/mol. The van der Waals surface area contributed by atoms with Gasteiger partial charge in [-0.1, -0.05) is 76.3 Å². The predicted octanol–water partition coefficient (Wildman–Crippen LogP) is 6.05. The van der Waals surface area contributed by atoms with Crippen LogP contribution in [-0.2, 0) is 0 Å². The second kappa shape index (κ2) is 9.05. The van der Waals surface area contributed by atoms with Crippen molar-refractivity contribution in [3.63, 3.8) is 0 Å². The molecule has 1 saturated carbocycles.